The van der Waals surface area contributed by atoms with Crippen molar-refractivity contribution < 1.29 is 14.7 Å². The van der Waals surface area contributed by atoms with E-state index in [0.29, 0.717) is 18.7 Å². The van der Waals surface area contributed by atoms with Gasteiger partial charge in [0, 0.05) is 50.2 Å². The van der Waals surface area contributed by atoms with Gasteiger partial charge in [0.2, 0.25) is 5.91 Å². The van der Waals surface area contributed by atoms with Crippen LogP contribution in [-0.4, -0.2) is 89.5 Å². The molecule has 2 saturated heterocycles. The van der Waals surface area contributed by atoms with Crippen molar-refractivity contribution in [3.05, 3.63) is 41.6 Å². The summed E-state index contributed by atoms with van der Waals surface area (Å²) >= 11 is 0. The summed E-state index contributed by atoms with van der Waals surface area (Å²) in [4.78, 5) is 35.7. The molecule has 0 saturated carbocycles. The molecule has 7 nitrogen and oxygen atoms in total. The number of hydrogen-bond donors (Lipinski definition) is 1. The molecule has 1 atom stereocenters. The Hall–Kier alpha value is -2.51. The quantitative estimate of drug-likeness (QED) is 0.797. The summed E-state index contributed by atoms with van der Waals surface area (Å²) in [5.74, 6) is 0.310. The first-order chi connectivity index (χ1) is 14.1. The molecular formula is C22H28N4O3. The summed E-state index contributed by atoms with van der Waals surface area (Å²) < 4.78 is 0. The lowest BCUT2D eigenvalue weighted by Gasteiger charge is -2.32. The molecule has 1 N–H and O–H groups in total. The number of hydrogen-bond acceptors (Lipinski definition) is 5. The van der Waals surface area contributed by atoms with Gasteiger partial charge in [-0.25, -0.2) is 0 Å². The van der Waals surface area contributed by atoms with Crippen molar-refractivity contribution in [2.45, 2.75) is 18.8 Å². The molecule has 0 radical (unpaired) electrons. The first-order valence-corrected chi connectivity index (χ1v) is 10.3. The van der Waals surface area contributed by atoms with Crippen LogP contribution in [0.5, 0.6) is 0 Å². The molecule has 0 unspecified atom stereocenters. The van der Waals surface area contributed by atoms with Crippen LogP contribution in [-0.2, 0) is 4.79 Å². The summed E-state index contributed by atoms with van der Waals surface area (Å²) in [5, 5.41) is 10.0. The molecule has 2 aromatic rings. The smallest absolute Gasteiger partial charge is 0.254 e. The number of fused-ring (bicyclic) bond motifs is 1. The second-order valence-corrected chi connectivity index (χ2v) is 8.02. The minimum atomic E-state index is -0.110. The van der Waals surface area contributed by atoms with E-state index in [4.69, 9.17) is 4.98 Å². The Labute approximate surface area is 170 Å². The molecule has 2 aliphatic rings. The third-order valence-corrected chi connectivity index (χ3v) is 6.01. The van der Waals surface area contributed by atoms with Gasteiger partial charge in [-0.15, -0.1) is 0 Å². The van der Waals surface area contributed by atoms with Gasteiger partial charge < -0.3 is 14.9 Å². The predicted octanol–water partition coefficient (Wildman–Crippen LogP) is 1.32. The number of likely N-dealkylation sites (tertiary alicyclic amines) is 2. The number of aliphatic hydroxyl groups excluding tert-OH is 1. The number of amides is 2. The van der Waals surface area contributed by atoms with Gasteiger partial charge in [0.25, 0.3) is 5.91 Å². The SMILES string of the molecule is CN(CCO)C(=O)c1cc([C@@H]2CCN(CC(=O)N3CCC3)C2)nc2ccccc12. The van der Waals surface area contributed by atoms with Crippen LogP contribution in [0.4, 0.5) is 0 Å². The summed E-state index contributed by atoms with van der Waals surface area (Å²) in [6.45, 7) is 4.11. The molecule has 1 aromatic carbocycles. The van der Waals surface area contributed by atoms with E-state index in [1.165, 1.54) is 4.90 Å². The van der Waals surface area contributed by atoms with Gasteiger partial charge in [-0.05, 0) is 31.5 Å². The number of pyridine rings is 1. The van der Waals surface area contributed by atoms with Crippen LogP contribution in [0.25, 0.3) is 10.9 Å². The minimum absolute atomic E-state index is 0.0687. The van der Waals surface area contributed by atoms with Crippen LogP contribution in [0.1, 0.15) is 34.8 Å². The zero-order chi connectivity index (χ0) is 20.4. The van der Waals surface area contributed by atoms with Crippen LogP contribution in [0, 0.1) is 0 Å². The fourth-order valence-electron chi connectivity index (χ4n) is 4.11. The highest BCUT2D eigenvalue weighted by Gasteiger charge is 2.30. The van der Waals surface area contributed by atoms with Crippen molar-refractivity contribution in [3.8, 4) is 0 Å². The van der Waals surface area contributed by atoms with Crippen molar-refractivity contribution >= 4 is 22.7 Å². The molecule has 154 valence electrons. The van der Waals surface area contributed by atoms with Crippen molar-refractivity contribution in [2.75, 3.05) is 52.9 Å². The number of aliphatic hydroxyl groups is 1. The molecule has 0 aliphatic carbocycles. The lowest BCUT2D eigenvalue weighted by atomic mass is 9.99. The average Bonchev–Trinajstić information content (AvgIpc) is 3.13. The monoisotopic (exact) mass is 396 g/mol. The van der Waals surface area contributed by atoms with E-state index in [1.54, 1.807) is 7.05 Å². The van der Waals surface area contributed by atoms with Crippen LogP contribution < -0.4 is 0 Å². The Morgan fingerprint density at radius 1 is 1.24 bits per heavy atom. The van der Waals surface area contributed by atoms with Crippen LogP contribution >= 0.6 is 0 Å². The number of aromatic nitrogens is 1. The summed E-state index contributed by atoms with van der Waals surface area (Å²) in [6.07, 6.45) is 2.04. The molecule has 2 amide bonds. The Bertz CT molecular complexity index is 912. The topological polar surface area (TPSA) is 77.0 Å². The molecule has 7 heteroatoms. The Kier molecular flexibility index (Phi) is 5.78. The molecule has 0 bridgehead atoms. The lowest BCUT2D eigenvalue weighted by molar-refractivity contribution is -0.135. The number of carbonyl (C=O) groups excluding carboxylic acids is 2. The van der Waals surface area contributed by atoms with Crippen LogP contribution in [0.2, 0.25) is 0 Å². The van der Waals surface area contributed by atoms with E-state index in [1.807, 2.05) is 35.2 Å². The molecule has 1 aromatic heterocycles. The first kappa shape index (κ1) is 19.8. The van der Waals surface area contributed by atoms with E-state index >= 15 is 0 Å². The molecule has 2 aliphatic heterocycles. The zero-order valence-corrected chi connectivity index (χ0v) is 16.9. The van der Waals surface area contributed by atoms with E-state index in [9.17, 15) is 14.7 Å². The van der Waals surface area contributed by atoms with E-state index < -0.39 is 0 Å². The second-order valence-electron chi connectivity index (χ2n) is 8.02. The van der Waals surface area contributed by atoms with Crippen molar-refractivity contribution in [2.24, 2.45) is 0 Å². The fraction of sp³-hybridized carbons (Fsp3) is 0.500. The highest BCUT2D eigenvalue weighted by Crippen LogP contribution is 2.30. The largest absolute Gasteiger partial charge is 0.395 e. The van der Waals surface area contributed by atoms with E-state index in [0.717, 1.165) is 55.6 Å². The number of para-hydroxylation sites is 1. The van der Waals surface area contributed by atoms with Gasteiger partial charge in [0.05, 0.1) is 24.2 Å². The number of benzene rings is 1. The molecule has 3 heterocycles. The molecule has 29 heavy (non-hydrogen) atoms. The highest BCUT2D eigenvalue weighted by atomic mass is 16.3. The van der Waals surface area contributed by atoms with Crippen molar-refractivity contribution in [1.29, 1.82) is 0 Å². The van der Waals surface area contributed by atoms with Gasteiger partial charge in [-0.2, -0.15) is 0 Å². The Balaban J connectivity index is 1.56. The predicted molar refractivity (Wildman–Crippen MR) is 111 cm³/mol. The average molecular weight is 396 g/mol. The Morgan fingerprint density at radius 2 is 2.03 bits per heavy atom. The summed E-state index contributed by atoms with van der Waals surface area (Å²) in [7, 11) is 1.70. The van der Waals surface area contributed by atoms with Gasteiger partial charge in [-0.3, -0.25) is 19.5 Å². The minimum Gasteiger partial charge on any atom is -0.395 e. The normalized spacial score (nSPS) is 19.4. The van der Waals surface area contributed by atoms with Gasteiger partial charge in [0.15, 0.2) is 0 Å². The number of rotatable bonds is 6. The molecule has 0 spiro atoms. The third-order valence-electron chi connectivity index (χ3n) is 6.01. The Morgan fingerprint density at radius 3 is 2.76 bits per heavy atom. The van der Waals surface area contributed by atoms with Crippen molar-refractivity contribution in [1.82, 2.24) is 19.7 Å². The van der Waals surface area contributed by atoms with E-state index in [-0.39, 0.29) is 24.3 Å². The fourth-order valence-corrected chi connectivity index (χ4v) is 4.11. The maximum atomic E-state index is 13.0. The molecular weight excluding hydrogens is 368 g/mol. The maximum absolute atomic E-state index is 13.0. The number of likely N-dealkylation sites (N-methyl/N-ethyl adjacent to an activating group) is 1. The highest BCUT2D eigenvalue weighted by molar-refractivity contribution is 6.06. The van der Waals surface area contributed by atoms with Gasteiger partial charge >= 0.3 is 0 Å². The number of carbonyl (C=O) groups is 2. The molecule has 4 rings (SSSR count). The standard InChI is InChI=1S/C22H28N4O3/c1-24(11-12-27)22(29)18-13-20(23-19-6-3-2-5-17(18)19)16-7-10-25(14-16)15-21(28)26-8-4-9-26/h2-3,5-6,13,16,27H,4,7-12,14-15H2,1H3/t16-/m1/s1. The van der Waals surface area contributed by atoms with Crippen molar-refractivity contribution in [3.63, 3.8) is 0 Å². The summed E-state index contributed by atoms with van der Waals surface area (Å²) in [6, 6.07) is 9.59. The summed E-state index contributed by atoms with van der Waals surface area (Å²) in [5.41, 5.74) is 2.33. The van der Waals surface area contributed by atoms with Crippen LogP contribution in [0.15, 0.2) is 30.3 Å². The lowest BCUT2D eigenvalue weighted by Crippen LogP contribution is -2.46. The van der Waals surface area contributed by atoms with Gasteiger partial charge in [0.1, 0.15) is 0 Å². The number of nitrogens with zero attached hydrogens (tertiary/aromatic N) is 4. The van der Waals surface area contributed by atoms with Crippen LogP contribution in [0.3, 0.4) is 0 Å². The first-order valence-electron chi connectivity index (χ1n) is 10.3. The van der Waals surface area contributed by atoms with Gasteiger partial charge in [-0.1, -0.05) is 18.2 Å². The zero-order valence-electron chi connectivity index (χ0n) is 16.9. The maximum Gasteiger partial charge on any atom is 0.254 e. The van der Waals surface area contributed by atoms with E-state index in [2.05, 4.69) is 4.90 Å². The third kappa shape index (κ3) is 4.11. The second kappa shape index (κ2) is 8.47. The molecule has 2 fully saturated rings.